The van der Waals surface area contributed by atoms with Crippen molar-refractivity contribution >= 4 is 23.1 Å². The van der Waals surface area contributed by atoms with Crippen LogP contribution in [0, 0.1) is 6.92 Å². The van der Waals surface area contributed by atoms with Crippen molar-refractivity contribution < 1.29 is 9.32 Å². The summed E-state index contributed by atoms with van der Waals surface area (Å²) in [5, 5.41) is 9.33. The average molecular weight is 314 g/mol. The van der Waals surface area contributed by atoms with Crippen LogP contribution >= 0.6 is 11.3 Å². The zero-order valence-corrected chi connectivity index (χ0v) is 12.8. The van der Waals surface area contributed by atoms with Gasteiger partial charge in [-0.3, -0.25) is 9.78 Å². The van der Waals surface area contributed by atoms with E-state index in [0.29, 0.717) is 24.4 Å². The van der Waals surface area contributed by atoms with Gasteiger partial charge in [-0.1, -0.05) is 5.16 Å². The number of rotatable bonds is 5. The number of hydrogen-bond acceptors (Lipinski definition) is 6. The molecule has 7 heteroatoms. The van der Waals surface area contributed by atoms with Crippen molar-refractivity contribution in [2.24, 2.45) is 0 Å². The van der Waals surface area contributed by atoms with Gasteiger partial charge in [0.1, 0.15) is 10.8 Å². The number of thiazole rings is 1. The van der Waals surface area contributed by atoms with Crippen LogP contribution in [0.25, 0.3) is 10.6 Å². The smallest absolute Gasteiger partial charge is 0.226 e. The third-order valence-electron chi connectivity index (χ3n) is 2.98. The summed E-state index contributed by atoms with van der Waals surface area (Å²) in [7, 11) is 0. The van der Waals surface area contributed by atoms with Crippen LogP contribution < -0.4 is 5.32 Å². The highest BCUT2D eigenvalue weighted by atomic mass is 32.1. The zero-order chi connectivity index (χ0) is 15.4. The molecule has 0 saturated heterocycles. The summed E-state index contributed by atoms with van der Waals surface area (Å²) < 4.78 is 4.90. The molecule has 0 aliphatic carbocycles. The number of aryl methyl sites for hydroxylation is 2. The summed E-state index contributed by atoms with van der Waals surface area (Å²) in [6.45, 7) is 1.78. The molecule has 6 nitrogen and oxygen atoms in total. The molecule has 112 valence electrons. The lowest BCUT2D eigenvalue weighted by Gasteiger charge is -1.99. The lowest BCUT2D eigenvalue weighted by Crippen LogP contribution is -2.12. The number of nitrogens with zero attached hydrogens (tertiary/aromatic N) is 3. The highest BCUT2D eigenvalue weighted by Crippen LogP contribution is 2.23. The van der Waals surface area contributed by atoms with Crippen LogP contribution in [0.3, 0.4) is 0 Å². The Morgan fingerprint density at radius 3 is 2.91 bits per heavy atom. The van der Waals surface area contributed by atoms with E-state index in [-0.39, 0.29) is 5.91 Å². The second kappa shape index (κ2) is 6.48. The number of nitrogens with one attached hydrogen (secondary N) is 1. The predicted octanol–water partition coefficient (Wildman–Crippen LogP) is 3.07. The lowest BCUT2D eigenvalue weighted by molar-refractivity contribution is -0.116. The first kappa shape index (κ1) is 14.4. The number of carbonyl (C=O) groups excluding carboxylic acids is 1. The minimum Gasteiger partial charge on any atom is -0.360 e. The van der Waals surface area contributed by atoms with Gasteiger partial charge in [-0.15, -0.1) is 11.3 Å². The van der Waals surface area contributed by atoms with Gasteiger partial charge >= 0.3 is 0 Å². The molecule has 3 aromatic heterocycles. The van der Waals surface area contributed by atoms with Crippen LogP contribution in [0.2, 0.25) is 0 Å². The molecule has 0 atom stereocenters. The Labute approximate surface area is 131 Å². The van der Waals surface area contributed by atoms with E-state index in [0.717, 1.165) is 16.3 Å². The molecule has 0 radical (unpaired) electrons. The number of aromatic nitrogens is 3. The monoisotopic (exact) mass is 314 g/mol. The van der Waals surface area contributed by atoms with E-state index < -0.39 is 0 Å². The fraction of sp³-hybridized carbons (Fsp3) is 0.200. The molecule has 0 aliphatic heterocycles. The van der Waals surface area contributed by atoms with Crippen LogP contribution in [0.4, 0.5) is 5.82 Å². The van der Waals surface area contributed by atoms with Crippen LogP contribution in [0.1, 0.15) is 17.9 Å². The van der Waals surface area contributed by atoms with Crippen LogP contribution in [0.5, 0.6) is 0 Å². The van der Waals surface area contributed by atoms with Crippen LogP contribution in [-0.4, -0.2) is 21.0 Å². The van der Waals surface area contributed by atoms with E-state index in [1.807, 2.05) is 17.5 Å². The van der Waals surface area contributed by atoms with Crippen molar-refractivity contribution in [2.75, 3.05) is 5.32 Å². The fourth-order valence-corrected chi connectivity index (χ4v) is 2.78. The Morgan fingerprint density at radius 1 is 1.36 bits per heavy atom. The van der Waals surface area contributed by atoms with Crippen molar-refractivity contribution in [3.63, 3.8) is 0 Å². The van der Waals surface area contributed by atoms with E-state index in [2.05, 4.69) is 20.4 Å². The third-order valence-corrected chi connectivity index (χ3v) is 3.92. The van der Waals surface area contributed by atoms with Gasteiger partial charge < -0.3 is 9.84 Å². The maximum Gasteiger partial charge on any atom is 0.226 e. The van der Waals surface area contributed by atoms with Crippen molar-refractivity contribution in [3.8, 4) is 10.6 Å². The number of hydrogen-bond donors (Lipinski definition) is 1. The molecule has 0 bridgehead atoms. The van der Waals surface area contributed by atoms with Gasteiger partial charge in [-0.25, -0.2) is 4.98 Å². The first-order valence-electron chi connectivity index (χ1n) is 6.79. The molecule has 3 aromatic rings. The number of pyridine rings is 1. The summed E-state index contributed by atoms with van der Waals surface area (Å²) in [5.74, 6) is 1.00. The van der Waals surface area contributed by atoms with Crippen LogP contribution in [-0.2, 0) is 11.2 Å². The maximum atomic E-state index is 11.8. The van der Waals surface area contributed by atoms with Crippen molar-refractivity contribution in [2.45, 2.75) is 19.8 Å². The molecule has 0 fully saturated rings. The Kier molecular flexibility index (Phi) is 4.24. The van der Waals surface area contributed by atoms with Gasteiger partial charge in [0.15, 0.2) is 5.82 Å². The Bertz CT molecular complexity index is 767. The number of anilines is 1. The minimum atomic E-state index is -0.105. The molecular weight excluding hydrogens is 300 g/mol. The highest BCUT2D eigenvalue weighted by Gasteiger charge is 2.09. The molecule has 3 rings (SSSR count). The van der Waals surface area contributed by atoms with E-state index in [4.69, 9.17) is 4.52 Å². The molecule has 0 unspecified atom stereocenters. The molecule has 0 spiro atoms. The van der Waals surface area contributed by atoms with E-state index >= 15 is 0 Å². The predicted molar refractivity (Wildman–Crippen MR) is 83.5 cm³/mol. The summed E-state index contributed by atoms with van der Waals surface area (Å²) in [4.78, 5) is 20.4. The zero-order valence-electron chi connectivity index (χ0n) is 11.9. The molecule has 22 heavy (non-hydrogen) atoms. The lowest BCUT2D eigenvalue weighted by atomic mass is 10.2. The molecule has 3 heterocycles. The van der Waals surface area contributed by atoms with Gasteiger partial charge in [0.05, 0.1) is 5.69 Å². The normalized spacial score (nSPS) is 10.6. The molecule has 1 amide bonds. The standard InChI is InChI=1S/C15H14N4O2S/c1-10-8-13(19-21-10)18-14(20)3-2-12-9-22-15(17-12)11-4-6-16-7-5-11/h4-9H,2-3H2,1H3,(H,18,19,20). The number of amides is 1. The molecule has 1 N–H and O–H groups in total. The van der Waals surface area contributed by atoms with Gasteiger partial charge in [-0.2, -0.15) is 0 Å². The summed E-state index contributed by atoms with van der Waals surface area (Å²) in [6, 6.07) is 5.52. The average Bonchev–Trinajstić information content (AvgIpc) is 3.15. The number of carbonyl (C=O) groups is 1. The highest BCUT2D eigenvalue weighted by molar-refractivity contribution is 7.13. The summed E-state index contributed by atoms with van der Waals surface area (Å²) in [5.41, 5.74) is 1.94. The fourth-order valence-electron chi connectivity index (χ4n) is 1.92. The molecular formula is C15H14N4O2S. The van der Waals surface area contributed by atoms with Gasteiger partial charge in [0.25, 0.3) is 0 Å². The summed E-state index contributed by atoms with van der Waals surface area (Å²) in [6.07, 6.45) is 4.42. The quantitative estimate of drug-likeness (QED) is 0.782. The van der Waals surface area contributed by atoms with Gasteiger partial charge in [-0.05, 0) is 25.5 Å². The Balaban J connectivity index is 1.56. The minimum absolute atomic E-state index is 0.105. The Morgan fingerprint density at radius 2 is 2.18 bits per heavy atom. The van der Waals surface area contributed by atoms with E-state index in [9.17, 15) is 4.79 Å². The van der Waals surface area contributed by atoms with Gasteiger partial charge in [0, 0.05) is 35.8 Å². The van der Waals surface area contributed by atoms with E-state index in [1.165, 1.54) is 0 Å². The first-order valence-corrected chi connectivity index (χ1v) is 7.66. The van der Waals surface area contributed by atoms with Crippen LogP contribution in [0.15, 0.2) is 40.5 Å². The molecule has 0 saturated carbocycles. The van der Waals surface area contributed by atoms with Gasteiger partial charge in [0.2, 0.25) is 5.91 Å². The molecule has 0 aromatic carbocycles. The maximum absolute atomic E-state index is 11.8. The topological polar surface area (TPSA) is 80.9 Å². The van der Waals surface area contributed by atoms with E-state index in [1.54, 1.807) is 36.7 Å². The first-order chi connectivity index (χ1) is 10.7. The molecule has 0 aliphatic rings. The largest absolute Gasteiger partial charge is 0.360 e. The van der Waals surface area contributed by atoms with Crippen molar-refractivity contribution in [1.29, 1.82) is 0 Å². The van der Waals surface area contributed by atoms with Crippen molar-refractivity contribution in [1.82, 2.24) is 15.1 Å². The third kappa shape index (κ3) is 3.56. The Hall–Kier alpha value is -2.54. The second-order valence-corrected chi connectivity index (χ2v) is 5.61. The second-order valence-electron chi connectivity index (χ2n) is 4.75. The SMILES string of the molecule is Cc1cc(NC(=O)CCc2csc(-c3ccncc3)n2)no1. The summed E-state index contributed by atoms with van der Waals surface area (Å²) >= 11 is 1.56. The van der Waals surface area contributed by atoms with Crippen molar-refractivity contribution in [3.05, 3.63) is 47.4 Å².